The number of anilines is 1. The smallest absolute Gasteiger partial charge is 0.272 e. The molecule has 3 aliphatic rings. The minimum Gasteiger partial charge on any atom is -0.356 e. The Morgan fingerprint density at radius 1 is 1.24 bits per heavy atom. The number of carbonyl (C=O) groups is 1. The molecule has 3 heterocycles. The van der Waals surface area contributed by atoms with Gasteiger partial charge in [0.1, 0.15) is 17.3 Å². The van der Waals surface area contributed by atoms with Crippen LogP contribution in [0.2, 0.25) is 0 Å². The molecule has 1 aliphatic heterocycles. The maximum atomic E-state index is 12.7. The first-order chi connectivity index (χ1) is 14.0. The highest BCUT2D eigenvalue weighted by molar-refractivity contribution is 5.92. The molecule has 0 bridgehead atoms. The van der Waals surface area contributed by atoms with Gasteiger partial charge in [0.05, 0.1) is 5.69 Å². The van der Waals surface area contributed by atoms with Gasteiger partial charge >= 0.3 is 0 Å². The highest BCUT2D eigenvalue weighted by Crippen LogP contribution is 2.45. The SMILES string of the molecule is CN(C)C(=O)c1cccc(N2CCCC3(CCc4c3nc(C3CC3)[nH]c4=O)C2)n1. The molecule has 1 spiro atoms. The summed E-state index contributed by atoms with van der Waals surface area (Å²) in [6, 6.07) is 5.64. The van der Waals surface area contributed by atoms with Gasteiger partial charge in [-0.2, -0.15) is 0 Å². The molecule has 2 aromatic heterocycles. The van der Waals surface area contributed by atoms with Gasteiger partial charge in [0.15, 0.2) is 0 Å². The van der Waals surface area contributed by atoms with Gasteiger partial charge in [-0.05, 0) is 50.7 Å². The minimum absolute atomic E-state index is 0.0580. The fourth-order valence-corrected chi connectivity index (χ4v) is 4.89. The largest absolute Gasteiger partial charge is 0.356 e. The summed E-state index contributed by atoms with van der Waals surface area (Å²) in [6.07, 6.45) is 6.07. The van der Waals surface area contributed by atoms with Crippen LogP contribution >= 0.6 is 0 Å². The van der Waals surface area contributed by atoms with E-state index in [1.807, 2.05) is 12.1 Å². The average Bonchev–Trinajstić information content (AvgIpc) is 3.52. The number of carbonyl (C=O) groups excluding carboxylic acids is 1. The van der Waals surface area contributed by atoms with Gasteiger partial charge < -0.3 is 14.8 Å². The Bertz CT molecular complexity index is 1030. The van der Waals surface area contributed by atoms with Crippen molar-refractivity contribution in [3.8, 4) is 0 Å². The first kappa shape index (κ1) is 18.3. The van der Waals surface area contributed by atoms with E-state index in [1.165, 1.54) is 0 Å². The molecule has 7 heteroatoms. The zero-order valence-corrected chi connectivity index (χ0v) is 17.1. The Kier molecular flexibility index (Phi) is 4.22. The fourth-order valence-electron chi connectivity index (χ4n) is 4.89. The second kappa shape index (κ2) is 6.68. The predicted octanol–water partition coefficient (Wildman–Crippen LogP) is 2.23. The molecule has 7 nitrogen and oxygen atoms in total. The molecule has 0 aromatic carbocycles. The molecule has 2 fully saturated rings. The molecular formula is C22H27N5O2. The van der Waals surface area contributed by atoms with Crippen LogP contribution in [0.3, 0.4) is 0 Å². The number of rotatable bonds is 3. The lowest BCUT2D eigenvalue weighted by Crippen LogP contribution is -2.46. The number of fused-ring (bicyclic) bond motifs is 2. The van der Waals surface area contributed by atoms with Crippen molar-refractivity contribution < 1.29 is 4.79 Å². The molecule has 1 saturated carbocycles. The Hall–Kier alpha value is -2.70. The van der Waals surface area contributed by atoms with Crippen molar-refractivity contribution in [2.24, 2.45) is 0 Å². The third-order valence-electron chi connectivity index (χ3n) is 6.61. The lowest BCUT2D eigenvalue weighted by Gasteiger charge is -2.41. The van der Waals surface area contributed by atoms with E-state index >= 15 is 0 Å². The molecule has 29 heavy (non-hydrogen) atoms. The number of hydrogen-bond donors (Lipinski definition) is 1. The van der Waals surface area contributed by atoms with Gasteiger partial charge in [-0.15, -0.1) is 0 Å². The molecule has 1 atom stereocenters. The second-order valence-electron chi connectivity index (χ2n) is 8.94. The van der Waals surface area contributed by atoms with E-state index in [9.17, 15) is 9.59 Å². The van der Waals surface area contributed by atoms with E-state index in [0.717, 1.165) is 74.5 Å². The normalized spacial score (nSPS) is 23.3. The van der Waals surface area contributed by atoms with E-state index < -0.39 is 0 Å². The quantitative estimate of drug-likeness (QED) is 0.865. The maximum Gasteiger partial charge on any atom is 0.272 e. The van der Waals surface area contributed by atoms with Crippen molar-refractivity contribution in [1.82, 2.24) is 19.9 Å². The number of hydrogen-bond acceptors (Lipinski definition) is 5. The summed E-state index contributed by atoms with van der Waals surface area (Å²) < 4.78 is 0. The van der Waals surface area contributed by atoms with E-state index in [0.29, 0.717) is 11.6 Å². The first-order valence-corrected chi connectivity index (χ1v) is 10.5. The first-order valence-electron chi connectivity index (χ1n) is 10.5. The number of H-pyrrole nitrogens is 1. The summed E-state index contributed by atoms with van der Waals surface area (Å²) in [7, 11) is 3.48. The van der Waals surface area contributed by atoms with Crippen LogP contribution < -0.4 is 10.5 Å². The number of pyridine rings is 1. The van der Waals surface area contributed by atoms with Gasteiger partial charge in [-0.3, -0.25) is 9.59 Å². The topological polar surface area (TPSA) is 82.2 Å². The van der Waals surface area contributed by atoms with Crippen molar-refractivity contribution in [3.63, 3.8) is 0 Å². The summed E-state index contributed by atoms with van der Waals surface area (Å²) in [4.78, 5) is 41.5. The highest BCUT2D eigenvalue weighted by atomic mass is 16.2. The van der Waals surface area contributed by atoms with Crippen LogP contribution in [-0.4, -0.2) is 52.9 Å². The molecule has 1 amide bonds. The van der Waals surface area contributed by atoms with Crippen molar-refractivity contribution >= 4 is 11.7 Å². The summed E-state index contributed by atoms with van der Waals surface area (Å²) in [5.41, 5.74) is 2.33. The van der Waals surface area contributed by atoms with Crippen LogP contribution in [-0.2, 0) is 11.8 Å². The molecule has 5 rings (SSSR count). The van der Waals surface area contributed by atoms with E-state index in [2.05, 4.69) is 14.9 Å². The summed E-state index contributed by atoms with van der Waals surface area (Å²) in [5, 5.41) is 0. The van der Waals surface area contributed by atoms with E-state index in [-0.39, 0.29) is 16.9 Å². The van der Waals surface area contributed by atoms with Gasteiger partial charge in [-0.25, -0.2) is 9.97 Å². The summed E-state index contributed by atoms with van der Waals surface area (Å²) >= 11 is 0. The monoisotopic (exact) mass is 393 g/mol. The van der Waals surface area contributed by atoms with Crippen LogP contribution in [0, 0.1) is 0 Å². The zero-order valence-electron chi connectivity index (χ0n) is 17.1. The number of amides is 1. The van der Waals surface area contributed by atoms with Crippen LogP contribution in [0.25, 0.3) is 0 Å². The number of nitrogens with one attached hydrogen (secondary N) is 1. The van der Waals surface area contributed by atoms with Gasteiger partial charge in [0.25, 0.3) is 11.5 Å². The molecular weight excluding hydrogens is 366 g/mol. The molecule has 2 aromatic rings. The number of piperidine rings is 1. The van der Waals surface area contributed by atoms with Crippen molar-refractivity contribution in [2.45, 2.75) is 49.9 Å². The molecule has 1 N–H and O–H groups in total. The third kappa shape index (κ3) is 3.12. The van der Waals surface area contributed by atoms with E-state index in [4.69, 9.17) is 4.98 Å². The number of aromatic amines is 1. The zero-order chi connectivity index (χ0) is 20.2. The Morgan fingerprint density at radius 2 is 2.07 bits per heavy atom. The van der Waals surface area contributed by atoms with Crippen molar-refractivity contribution in [2.75, 3.05) is 32.1 Å². The summed E-state index contributed by atoms with van der Waals surface area (Å²) in [6.45, 7) is 1.70. The van der Waals surface area contributed by atoms with Gasteiger partial charge in [0, 0.05) is 44.1 Å². The molecule has 2 aliphatic carbocycles. The highest BCUT2D eigenvalue weighted by Gasteiger charge is 2.45. The molecule has 0 radical (unpaired) electrons. The third-order valence-corrected chi connectivity index (χ3v) is 6.61. The van der Waals surface area contributed by atoms with Gasteiger partial charge in [0.2, 0.25) is 0 Å². The number of nitrogens with zero attached hydrogens (tertiary/aromatic N) is 4. The van der Waals surface area contributed by atoms with Crippen LogP contribution in [0.4, 0.5) is 5.82 Å². The lowest BCUT2D eigenvalue weighted by molar-refractivity contribution is 0.0822. The summed E-state index contributed by atoms with van der Waals surface area (Å²) in [5.74, 6) is 2.05. The van der Waals surface area contributed by atoms with Crippen molar-refractivity contribution in [1.29, 1.82) is 0 Å². The second-order valence-corrected chi connectivity index (χ2v) is 8.94. The predicted molar refractivity (Wildman–Crippen MR) is 111 cm³/mol. The van der Waals surface area contributed by atoms with Crippen LogP contribution in [0.1, 0.15) is 65.6 Å². The molecule has 1 saturated heterocycles. The van der Waals surface area contributed by atoms with Crippen LogP contribution in [0.5, 0.6) is 0 Å². The number of aromatic nitrogens is 3. The standard InChI is InChI=1S/C22H27N5O2/c1-26(2)21(29)16-5-3-6-17(23-16)27-12-4-10-22(13-27)11-9-15-18(22)24-19(14-7-8-14)25-20(15)28/h3,5-6,14H,4,7-13H2,1-2H3,(H,24,25,28). The minimum atomic E-state index is -0.0907. The van der Waals surface area contributed by atoms with Crippen molar-refractivity contribution in [3.05, 3.63) is 51.3 Å². The fraction of sp³-hybridized carbons (Fsp3) is 0.545. The molecule has 1 unspecified atom stereocenters. The average molecular weight is 393 g/mol. The Morgan fingerprint density at radius 3 is 2.83 bits per heavy atom. The Labute approximate surface area is 170 Å². The maximum absolute atomic E-state index is 12.7. The van der Waals surface area contributed by atoms with Crippen LogP contribution in [0.15, 0.2) is 23.0 Å². The lowest BCUT2D eigenvalue weighted by atomic mass is 9.77. The van der Waals surface area contributed by atoms with E-state index in [1.54, 1.807) is 25.1 Å². The molecule has 152 valence electrons. The Balaban J connectivity index is 1.48. The van der Waals surface area contributed by atoms with Gasteiger partial charge in [-0.1, -0.05) is 6.07 Å².